The van der Waals surface area contributed by atoms with E-state index in [-0.39, 0.29) is 5.91 Å². The fourth-order valence-electron chi connectivity index (χ4n) is 3.34. The van der Waals surface area contributed by atoms with E-state index in [2.05, 4.69) is 25.4 Å². The van der Waals surface area contributed by atoms with Gasteiger partial charge in [-0.05, 0) is 81.0 Å². The van der Waals surface area contributed by atoms with Crippen molar-refractivity contribution < 1.29 is 4.79 Å². The lowest BCUT2D eigenvalue weighted by atomic mass is 9.85. The summed E-state index contributed by atoms with van der Waals surface area (Å²) < 4.78 is 0. The number of carbonyl (C=O) groups is 1. The smallest absolute Gasteiger partial charge is 0.246 e. The highest BCUT2D eigenvalue weighted by Crippen LogP contribution is 2.33. The van der Waals surface area contributed by atoms with Gasteiger partial charge in [-0.1, -0.05) is 55.3 Å². The Balaban J connectivity index is 1.96. The Bertz CT molecular complexity index is 683. The number of hydrogen-bond acceptors (Lipinski definition) is 1. The summed E-state index contributed by atoms with van der Waals surface area (Å²) >= 11 is 12.9. The standard InChI is InChI=1S/C23H31Cl2NO/c1-5-7-16(3)18(14-20-21(24)12-15(2)13-22(20)25)9-6-8-17(4)23(27)26-19-10-11-19/h12-13,18-19H,3-11,14H2,1-2H3,(H,26,27). The molecule has 0 bridgehead atoms. The number of benzene rings is 1. The van der Waals surface area contributed by atoms with Gasteiger partial charge in [0.1, 0.15) is 0 Å². The van der Waals surface area contributed by atoms with Gasteiger partial charge in [-0.2, -0.15) is 0 Å². The predicted molar refractivity (Wildman–Crippen MR) is 117 cm³/mol. The second-order valence-corrected chi connectivity index (χ2v) is 8.57. The average molecular weight is 408 g/mol. The minimum Gasteiger partial charge on any atom is -0.350 e. The molecule has 2 nitrogen and oxygen atoms in total. The molecule has 0 saturated heterocycles. The summed E-state index contributed by atoms with van der Waals surface area (Å²) in [7, 11) is 0. The Morgan fingerprint density at radius 3 is 2.41 bits per heavy atom. The Hall–Kier alpha value is -1.25. The van der Waals surface area contributed by atoms with Gasteiger partial charge in [0.2, 0.25) is 5.91 Å². The van der Waals surface area contributed by atoms with E-state index in [1.807, 2.05) is 19.1 Å². The van der Waals surface area contributed by atoms with Crippen molar-refractivity contribution in [2.45, 2.75) is 71.3 Å². The minimum absolute atomic E-state index is 0.00561. The van der Waals surface area contributed by atoms with Crippen molar-refractivity contribution >= 4 is 29.1 Å². The van der Waals surface area contributed by atoms with Crippen molar-refractivity contribution in [3.8, 4) is 0 Å². The van der Waals surface area contributed by atoms with Crippen LogP contribution in [0.3, 0.4) is 0 Å². The van der Waals surface area contributed by atoms with Crippen LogP contribution >= 0.6 is 23.2 Å². The molecule has 1 N–H and O–H groups in total. The van der Waals surface area contributed by atoms with Gasteiger partial charge in [-0.3, -0.25) is 4.79 Å². The van der Waals surface area contributed by atoms with E-state index in [4.69, 9.17) is 23.2 Å². The van der Waals surface area contributed by atoms with Crippen LogP contribution in [0.5, 0.6) is 0 Å². The molecule has 27 heavy (non-hydrogen) atoms. The van der Waals surface area contributed by atoms with Crippen molar-refractivity contribution in [2.75, 3.05) is 0 Å². The van der Waals surface area contributed by atoms with E-state index in [1.54, 1.807) is 0 Å². The molecule has 1 fully saturated rings. The molecule has 1 aromatic carbocycles. The Kier molecular flexibility index (Phi) is 8.44. The van der Waals surface area contributed by atoms with Gasteiger partial charge < -0.3 is 5.32 Å². The highest BCUT2D eigenvalue weighted by atomic mass is 35.5. The van der Waals surface area contributed by atoms with Crippen molar-refractivity contribution in [3.05, 3.63) is 57.6 Å². The second-order valence-electron chi connectivity index (χ2n) is 7.76. The topological polar surface area (TPSA) is 29.1 Å². The summed E-state index contributed by atoms with van der Waals surface area (Å²) in [5, 5.41) is 4.45. The zero-order chi connectivity index (χ0) is 20.0. The third-order valence-corrected chi connectivity index (χ3v) is 5.82. The van der Waals surface area contributed by atoms with E-state index in [1.165, 1.54) is 5.57 Å². The van der Waals surface area contributed by atoms with Crippen LogP contribution in [-0.4, -0.2) is 11.9 Å². The maximum Gasteiger partial charge on any atom is 0.246 e. The molecule has 1 amide bonds. The molecule has 0 aliphatic heterocycles. The maximum absolute atomic E-state index is 12.1. The molecule has 0 aromatic heterocycles. The number of carbonyl (C=O) groups excluding carboxylic acids is 1. The molecule has 0 radical (unpaired) electrons. The first-order valence-electron chi connectivity index (χ1n) is 9.92. The van der Waals surface area contributed by atoms with E-state index in [0.29, 0.717) is 24.0 Å². The quantitative estimate of drug-likeness (QED) is 0.316. The zero-order valence-electron chi connectivity index (χ0n) is 16.5. The van der Waals surface area contributed by atoms with Crippen molar-refractivity contribution in [3.63, 3.8) is 0 Å². The molecule has 2 rings (SSSR count). The van der Waals surface area contributed by atoms with Gasteiger partial charge in [0, 0.05) is 21.7 Å². The number of hydrogen-bond donors (Lipinski definition) is 1. The largest absolute Gasteiger partial charge is 0.350 e. The van der Waals surface area contributed by atoms with Gasteiger partial charge in [0.25, 0.3) is 0 Å². The van der Waals surface area contributed by atoms with Gasteiger partial charge >= 0.3 is 0 Å². The first-order valence-corrected chi connectivity index (χ1v) is 10.7. The molecule has 4 heteroatoms. The molecular weight excluding hydrogens is 377 g/mol. The third kappa shape index (κ3) is 7.01. The van der Waals surface area contributed by atoms with Crippen LogP contribution in [0.1, 0.15) is 63.0 Å². The normalized spacial score (nSPS) is 14.7. The van der Waals surface area contributed by atoms with Crippen molar-refractivity contribution in [1.82, 2.24) is 5.32 Å². The van der Waals surface area contributed by atoms with Crippen LogP contribution in [0.15, 0.2) is 36.4 Å². The number of rotatable bonds is 11. The molecule has 1 unspecified atom stereocenters. The maximum atomic E-state index is 12.1. The summed E-state index contributed by atoms with van der Waals surface area (Å²) in [6.07, 6.45) is 7.62. The molecule has 0 spiro atoms. The number of allylic oxidation sites excluding steroid dienone is 1. The monoisotopic (exact) mass is 407 g/mol. The van der Waals surface area contributed by atoms with Crippen LogP contribution in [0.25, 0.3) is 0 Å². The molecule has 148 valence electrons. The average Bonchev–Trinajstić information content (AvgIpc) is 3.40. The van der Waals surface area contributed by atoms with E-state index in [0.717, 1.165) is 66.1 Å². The number of aryl methyl sites for hydroxylation is 1. The summed E-state index contributed by atoms with van der Waals surface area (Å²) in [5.74, 6) is 0.313. The Morgan fingerprint density at radius 1 is 1.22 bits per heavy atom. The van der Waals surface area contributed by atoms with E-state index < -0.39 is 0 Å². The van der Waals surface area contributed by atoms with Crippen molar-refractivity contribution in [1.29, 1.82) is 0 Å². The lowest BCUT2D eigenvalue weighted by molar-refractivity contribution is -0.117. The minimum atomic E-state index is 0.00561. The van der Waals surface area contributed by atoms with Gasteiger partial charge in [-0.15, -0.1) is 0 Å². The van der Waals surface area contributed by atoms with Crippen LogP contribution in [0, 0.1) is 12.8 Å². The summed E-state index contributed by atoms with van der Waals surface area (Å²) in [5.41, 5.74) is 3.97. The third-order valence-electron chi connectivity index (χ3n) is 5.15. The predicted octanol–water partition coefficient (Wildman–Crippen LogP) is 6.82. The SMILES string of the molecule is C=C(CCCC(Cc1c(Cl)cc(C)cc1Cl)C(=C)CCC)C(=O)NC1CC1. The highest BCUT2D eigenvalue weighted by Gasteiger charge is 2.24. The van der Waals surface area contributed by atoms with Crippen LogP contribution in [0.2, 0.25) is 10.0 Å². The number of amides is 1. The first kappa shape index (κ1) is 22.0. The Morgan fingerprint density at radius 2 is 1.85 bits per heavy atom. The Labute approximate surface area is 174 Å². The summed E-state index contributed by atoms with van der Waals surface area (Å²) in [4.78, 5) is 12.1. The van der Waals surface area contributed by atoms with Gasteiger partial charge in [0.05, 0.1) is 0 Å². The van der Waals surface area contributed by atoms with E-state index in [9.17, 15) is 4.79 Å². The van der Waals surface area contributed by atoms with Crippen LogP contribution in [-0.2, 0) is 11.2 Å². The zero-order valence-corrected chi connectivity index (χ0v) is 18.1. The molecule has 1 saturated carbocycles. The fraction of sp³-hybridized carbons (Fsp3) is 0.522. The lowest BCUT2D eigenvalue weighted by Gasteiger charge is -2.21. The van der Waals surface area contributed by atoms with Crippen LogP contribution < -0.4 is 5.32 Å². The van der Waals surface area contributed by atoms with E-state index >= 15 is 0 Å². The fourth-order valence-corrected chi connectivity index (χ4v) is 4.09. The van der Waals surface area contributed by atoms with Gasteiger partial charge in [-0.25, -0.2) is 0 Å². The van der Waals surface area contributed by atoms with Crippen molar-refractivity contribution in [2.24, 2.45) is 5.92 Å². The summed E-state index contributed by atoms with van der Waals surface area (Å²) in [6.45, 7) is 12.4. The summed E-state index contributed by atoms with van der Waals surface area (Å²) in [6, 6.07) is 4.30. The molecular formula is C23H31Cl2NO. The molecule has 1 aliphatic rings. The number of halogens is 2. The number of nitrogens with one attached hydrogen (secondary N) is 1. The van der Waals surface area contributed by atoms with Gasteiger partial charge in [0.15, 0.2) is 0 Å². The lowest BCUT2D eigenvalue weighted by Crippen LogP contribution is -2.26. The second kappa shape index (κ2) is 10.3. The van der Waals surface area contributed by atoms with Crippen LogP contribution in [0.4, 0.5) is 0 Å². The molecule has 0 heterocycles. The molecule has 1 aliphatic carbocycles. The highest BCUT2D eigenvalue weighted by molar-refractivity contribution is 6.36. The molecule has 1 atom stereocenters. The molecule has 1 aromatic rings. The first-order chi connectivity index (χ1) is 12.8.